The highest BCUT2D eigenvalue weighted by Gasteiger charge is 2.35. The molecule has 0 radical (unpaired) electrons. The van der Waals surface area contributed by atoms with Crippen LogP contribution in [0.1, 0.15) is 30.9 Å². The number of alkyl halides is 3. The largest absolute Gasteiger partial charge is 0.418 e. The second-order valence-electron chi connectivity index (χ2n) is 3.38. The van der Waals surface area contributed by atoms with E-state index in [9.17, 15) is 13.2 Å². The van der Waals surface area contributed by atoms with Gasteiger partial charge in [0, 0.05) is 0 Å². The maximum atomic E-state index is 12.7. The molecule has 0 spiro atoms. The molecule has 0 saturated carbocycles. The summed E-state index contributed by atoms with van der Waals surface area (Å²) >= 11 is 5.70. The van der Waals surface area contributed by atoms with Crippen molar-refractivity contribution >= 4 is 17.1 Å². The Bertz CT molecular complexity index is 561. The molecule has 100 valence electrons. The first-order chi connectivity index (χ1) is 8.30. The van der Waals surface area contributed by atoms with E-state index in [4.69, 9.17) is 11.6 Å². The Morgan fingerprint density at radius 2 is 1.78 bits per heavy atom. The molecule has 0 aliphatic carbocycles. The van der Waals surface area contributed by atoms with Crippen LogP contribution in [0.3, 0.4) is 0 Å². The van der Waals surface area contributed by atoms with E-state index in [1.807, 2.05) is 13.8 Å². The van der Waals surface area contributed by atoms with Crippen LogP contribution in [-0.4, -0.2) is 14.6 Å². The van der Waals surface area contributed by atoms with Crippen molar-refractivity contribution in [3.8, 4) is 0 Å². The third-order valence-corrected chi connectivity index (χ3v) is 2.42. The highest BCUT2D eigenvalue weighted by atomic mass is 35.5. The molecule has 0 aliphatic heterocycles. The molecule has 2 heterocycles. The molecular weight excluding hydrogens is 267 g/mol. The van der Waals surface area contributed by atoms with Gasteiger partial charge in [-0.1, -0.05) is 25.4 Å². The molecule has 2 aromatic heterocycles. The van der Waals surface area contributed by atoms with E-state index >= 15 is 0 Å². The number of nitrogens with zero attached hydrogens (tertiary/aromatic N) is 3. The van der Waals surface area contributed by atoms with Crippen LogP contribution in [0.15, 0.2) is 6.07 Å². The molecule has 0 N–H and O–H groups in total. The van der Waals surface area contributed by atoms with Crippen LogP contribution in [-0.2, 0) is 6.18 Å². The summed E-state index contributed by atoms with van der Waals surface area (Å²) in [6.07, 6.45) is -4.46. The topological polar surface area (TPSA) is 30.2 Å². The molecule has 2 rings (SSSR count). The summed E-state index contributed by atoms with van der Waals surface area (Å²) in [6.45, 7) is 7.09. The predicted octanol–water partition coefficient (Wildman–Crippen LogP) is 4.04. The zero-order valence-corrected chi connectivity index (χ0v) is 11.2. The molecule has 0 aliphatic rings. The normalized spacial score (nSPS) is 11.3. The number of hydrogen-bond donors (Lipinski definition) is 0. The van der Waals surface area contributed by atoms with Crippen molar-refractivity contribution in [2.75, 3.05) is 0 Å². The van der Waals surface area contributed by atoms with Crippen molar-refractivity contribution in [2.24, 2.45) is 0 Å². The fourth-order valence-electron chi connectivity index (χ4n) is 1.59. The van der Waals surface area contributed by atoms with Crippen molar-refractivity contribution in [1.29, 1.82) is 0 Å². The number of fused-ring (bicyclic) bond motifs is 1. The molecule has 0 unspecified atom stereocenters. The Labute approximate surface area is 108 Å². The minimum absolute atomic E-state index is 0.0732. The third-order valence-electron chi connectivity index (χ3n) is 2.16. The Balaban J connectivity index is 0.000000771. The van der Waals surface area contributed by atoms with Crippen LogP contribution in [0.2, 0.25) is 5.15 Å². The summed E-state index contributed by atoms with van der Waals surface area (Å²) in [5.74, 6) is 0.372. The zero-order chi connectivity index (χ0) is 14.1. The Morgan fingerprint density at radius 3 is 2.28 bits per heavy atom. The summed E-state index contributed by atoms with van der Waals surface area (Å²) < 4.78 is 39.1. The minimum atomic E-state index is -4.46. The molecule has 0 saturated heterocycles. The minimum Gasteiger partial charge on any atom is -0.234 e. The number of halogens is 4. The summed E-state index contributed by atoms with van der Waals surface area (Å²) in [5, 5.41) is 3.77. The predicted molar refractivity (Wildman–Crippen MR) is 63.8 cm³/mol. The molecule has 0 bridgehead atoms. The Morgan fingerprint density at radius 1 is 1.22 bits per heavy atom. The van der Waals surface area contributed by atoms with Crippen molar-refractivity contribution in [3.63, 3.8) is 0 Å². The quantitative estimate of drug-likeness (QED) is 0.728. The van der Waals surface area contributed by atoms with Gasteiger partial charge in [-0.2, -0.15) is 18.3 Å². The zero-order valence-electron chi connectivity index (χ0n) is 10.4. The first-order valence-corrected chi connectivity index (χ1v) is 5.78. The van der Waals surface area contributed by atoms with E-state index in [-0.39, 0.29) is 16.4 Å². The van der Waals surface area contributed by atoms with Gasteiger partial charge in [0.15, 0.2) is 0 Å². The lowest BCUT2D eigenvalue weighted by atomic mass is 10.2. The first kappa shape index (κ1) is 14.8. The van der Waals surface area contributed by atoms with Gasteiger partial charge in [0.1, 0.15) is 11.0 Å². The van der Waals surface area contributed by atoms with E-state index in [0.29, 0.717) is 5.82 Å². The SMILES string of the molecule is CC.Cc1nc(C)c2c(C(F)(F)F)cc(Cl)n2n1. The van der Waals surface area contributed by atoms with Crippen molar-refractivity contribution in [2.45, 2.75) is 33.9 Å². The fraction of sp³-hybridized carbons (Fsp3) is 0.455. The summed E-state index contributed by atoms with van der Waals surface area (Å²) in [5.41, 5.74) is -0.648. The van der Waals surface area contributed by atoms with Crippen LogP contribution in [0.5, 0.6) is 0 Å². The molecule has 0 fully saturated rings. The number of hydrogen-bond acceptors (Lipinski definition) is 2. The second kappa shape index (κ2) is 5.14. The molecular formula is C11H13ClF3N3. The third kappa shape index (κ3) is 2.58. The number of aryl methyl sites for hydroxylation is 2. The highest BCUT2D eigenvalue weighted by molar-refractivity contribution is 6.30. The van der Waals surface area contributed by atoms with Gasteiger partial charge >= 0.3 is 6.18 Å². The maximum absolute atomic E-state index is 12.7. The first-order valence-electron chi connectivity index (χ1n) is 5.40. The lowest BCUT2D eigenvalue weighted by molar-refractivity contribution is -0.136. The maximum Gasteiger partial charge on any atom is 0.418 e. The van der Waals surface area contributed by atoms with Gasteiger partial charge < -0.3 is 0 Å². The lowest BCUT2D eigenvalue weighted by Crippen LogP contribution is -2.07. The van der Waals surface area contributed by atoms with Gasteiger partial charge in [-0.25, -0.2) is 9.50 Å². The van der Waals surface area contributed by atoms with Crippen LogP contribution >= 0.6 is 11.6 Å². The van der Waals surface area contributed by atoms with E-state index in [1.165, 1.54) is 6.92 Å². The van der Waals surface area contributed by atoms with Gasteiger partial charge in [-0.3, -0.25) is 0 Å². The van der Waals surface area contributed by atoms with Gasteiger partial charge in [0.25, 0.3) is 0 Å². The molecule has 2 aromatic rings. The highest BCUT2D eigenvalue weighted by Crippen LogP contribution is 2.36. The van der Waals surface area contributed by atoms with Gasteiger partial charge in [-0.05, 0) is 19.9 Å². The van der Waals surface area contributed by atoms with Gasteiger partial charge in [0.05, 0.1) is 16.8 Å². The fourth-order valence-corrected chi connectivity index (χ4v) is 1.83. The van der Waals surface area contributed by atoms with Crippen molar-refractivity contribution in [1.82, 2.24) is 14.6 Å². The summed E-state index contributed by atoms with van der Waals surface area (Å²) in [7, 11) is 0. The standard InChI is InChI=1S/C9H7ClF3N3.C2H6/c1-4-8-6(9(11,12)13)3-7(10)16(8)15-5(2)14-4;1-2/h3H,1-2H3;1-2H3. The van der Waals surface area contributed by atoms with Gasteiger partial charge in [-0.15, -0.1) is 0 Å². The molecule has 0 amide bonds. The molecule has 0 atom stereocenters. The lowest BCUT2D eigenvalue weighted by Gasteiger charge is -2.06. The van der Waals surface area contributed by atoms with Crippen molar-refractivity contribution in [3.05, 3.63) is 28.3 Å². The van der Waals surface area contributed by atoms with Crippen LogP contribution < -0.4 is 0 Å². The van der Waals surface area contributed by atoms with Crippen LogP contribution in [0, 0.1) is 13.8 Å². The molecule has 7 heteroatoms. The smallest absolute Gasteiger partial charge is 0.234 e. The monoisotopic (exact) mass is 279 g/mol. The average molecular weight is 280 g/mol. The van der Waals surface area contributed by atoms with Crippen LogP contribution in [0.4, 0.5) is 13.2 Å². The second-order valence-corrected chi connectivity index (χ2v) is 3.77. The van der Waals surface area contributed by atoms with Gasteiger partial charge in [0.2, 0.25) is 0 Å². The molecule has 3 nitrogen and oxygen atoms in total. The number of aromatic nitrogens is 3. The average Bonchev–Trinajstić information content (AvgIpc) is 2.59. The van der Waals surface area contributed by atoms with Crippen LogP contribution in [0.25, 0.3) is 5.52 Å². The molecule has 18 heavy (non-hydrogen) atoms. The summed E-state index contributed by atoms with van der Waals surface area (Å²) in [4.78, 5) is 3.90. The number of rotatable bonds is 0. The van der Waals surface area contributed by atoms with E-state index in [0.717, 1.165) is 10.6 Å². The molecule has 0 aromatic carbocycles. The Hall–Kier alpha value is -1.30. The van der Waals surface area contributed by atoms with E-state index in [1.54, 1.807) is 6.92 Å². The summed E-state index contributed by atoms with van der Waals surface area (Å²) in [6, 6.07) is 0.859. The van der Waals surface area contributed by atoms with E-state index < -0.39 is 11.7 Å². The Kier molecular flexibility index (Phi) is 4.21. The van der Waals surface area contributed by atoms with E-state index in [2.05, 4.69) is 10.1 Å². The van der Waals surface area contributed by atoms with Crippen molar-refractivity contribution < 1.29 is 13.2 Å².